The number of urea groups is 1. The van der Waals surface area contributed by atoms with E-state index in [-0.39, 0.29) is 33.1 Å². The maximum absolute atomic E-state index is 12.2. The Hall–Kier alpha value is -1.76. The lowest BCUT2D eigenvalue weighted by Crippen LogP contribution is -2.30. The van der Waals surface area contributed by atoms with Gasteiger partial charge in [0.2, 0.25) is 0 Å². The molecule has 0 spiro atoms. The average molecular weight is 364 g/mol. The van der Waals surface area contributed by atoms with Crippen LogP contribution in [-0.4, -0.2) is 24.5 Å². The van der Waals surface area contributed by atoms with Gasteiger partial charge in [-0.1, -0.05) is 34.8 Å². The van der Waals surface area contributed by atoms with E-state index < -0.39 is 17.9 Å². The predicted molar refractivity (Wildman–Crippen MR) is 82.2 cm³/mol. The van der Waals surface area contributed by atoms with Gasteiger partial charge < -0.3 is 10.1 Å². The van der Waals surface area contributed by atoms with Gasteiger partial charge in [-0.2, -0.15) is 0 Å². The summed E-state index contributed by atoms with van der Waals surface area (Å²) in [5.41, 5.74) is -0.156. The van der Waals surface area contributed by atoms with Crippen LogP contribution in [0, 0.1) is 0 Å². The Morgan fingerprint density at radius 3 is 2.50 bits per heavy atom. The Morgan fingerprint density at radius 1 is 1.23 bits per heavy atom. The second-order valence-corrected chi connectivity index (χ2v) is 5.32. The van der Waals surface area contributed by atoms with Crippen molar-refractivity contribution in [2.24, 2.45) is 0 Å². The van der Waals surface area contributed by atoms with E-state index in [1.165, 1.54) is 12.1 Å². The third-order valence-electron chi connectivity index (χ3n) is 2.66. The quantitative estimate of drug-likeness (QED) is 0.387. The molecular weight excluding hydrogens is 355 g/mol. The minimum absolute atomic E-state index is 0.0609. The highest BCUT2D eigenvalue weighted by Crippen LogP contribution is 2.36. The summed E-state index contributed by atoms with van der Waals surface area (Å²) in [7, 11) is 0. The highest BCUT2D eigenvalue weighted by Gasteiger charge is 2.37. The molecule has 1 saturated heterocycles. The fraction of sp³-hybridized carbons (Fsp3) is 0.154. The maximum atomic E-state index is 12.2. The monoisotopic (exact) mass is 362 g/mol. The van der Waals surface area contributed by atoms with Crippen LogP contribution in [0.2, 0.25) is 15.1 Å². The Labute approximate surface area is 140 Å². The van der Waals surface area contributed by atoms with Crippen LogP contribution in [0.3, 0.4) is 0 Å². The van der Waals surface area contributed by atoms with Gasteiger partial charge >= 0.3 is 12.0 Å². The number of amides is 3. The largest absolute Gasteiger partial charge is 0.463 e. The molecular formula is C13H9Cl3N2O4. The number of carbonyl (C=O) groups is 3. The Bertz CT molecular complexity index is 703. The lowest BCUT2D eigenvalue weighted by Gasteiger charge is -2.14. The molecule has 1 aliphatic rings. The van der Waals surface area contributed by atoms with Crippen molar-refractivity contribution in [2.75, 3.05) is 11.5 Å². The van der Waals surface area contributed by atoms with Crippen molar-refractivity contribution < 1.29 is 19.1 Å². The second-order valence-electron chi connectivity index (χ2n) is 4.10. The van der Waals surface area contributed by atoms with Gasteiger partial charge in [0.05, 0.1) is 33.4 Å². The number of carbonyl (C=O) groups excluding carboxylic acids is 3. The number of nitrogens with zero attached hydrogens (tertiary/aromatic N) is 1. The van der Waals surface area contributed by atoms with E-state index in [1.54, 1.807) is 6.92 Å². The zero-order valence-corrected chi connectivity index (χ0v) is 13.4. The molecule has 1 aromatic carbocycles. The number of halogens is 3. The summed E-state index contributed by atoms with van der Waals surface area (Å²) in [6, 6.07) is 1.84. The summed E-state index contributed by atoms with van der Waals surface area (Å²) in [5.74, 6) is -1.49. The number of rotatable bonds is 3. The Morgan fingerprint density at radius 2 is 1.86 bits per heavy atom. The van der Waals surface area contributed by atoms with Gasteiger partial charge in [-0.15, -0.1) is 0 Å². The smallest absolute Gasteiger partial charge is 0.333 e. The minimum atomic E-state index is -0.763. The molecule has 0 atom stereocenters. The zero-order chi connectivity index (χ0) is 16.4. The highest BCUT2D eigenvalue weighted by atomic mass is 35.5. The first kappa shape index (κ1) is 16.6. The number of esters is 1. The van der Waals surface area contributed by atoms with Crippen LogP contribution in [0.25, 0.3) is 0 Å². The van der Waals surface area contributed by atoms with E-state index in [1.807, 2.05) is 0 Å². The van der Waals surface area contributed by atoms with Crippen LogP contribution in [0.15, 0.2) is 23.9 Å². The summed E-state index contributed by atoms with van der Waals surface area (Å²) in [4.78, 5) is 36.3. The normalized spacial score (nSPS) is 16.2. The fourth-order valence-corrected chi connectivity index (χ4v) is 2.36. The molecule has 3 amide bonds. The van der Waals surface area contributed by atoms with Gasteiger partial charge in [0, 0.05) is 0 Å². The van der Waals surface area contributed by atoms with Crippen molar-refractivity contribution >= 4 is 58.4 Å². The van der Waals surface area contributed by atoms with Crippen molar-refractivity contribution in [1.82, 2.24) is 5.32 Å². The molecule has 1 fully saturated rings. The van der Waals surface area contributed by atoms with E-state index in [2.05, 4.69) is 10.1 Å². The van der Waals surface area contributed by atoms with Crippen LogP contribution in [0.1, 0.15) is 6.92 Å². The number of anilines is 1. The molecule has 9 heteroatoms. The topological polar surface area (TPSA) is 75.7 Å². The van der Waals surface area contributed by atoms with Gasteiger partial charge in [0.15, 0.2) is 0 Å². The van der Waals surface area contributed by atoms with Crippen molar-refractivity contribution in [3.05, 3.63) is 39.0 Å². The fourth-order valence-electron chi connectivity index (χ4n) is 1.74. The van der Waals surface area contributed by atoms with E-state index in [9.17, 15) is 14.4 Å². The van der Waals surface area contributed by atoms with Crippen molar-refractivity contribution in [2.45, 2.75) is 6.92 Å². The van der Waals surface area contributed by atoms with Crippen LogP contribution in [0.4, 0.5) is 10.5 Å². The van der Waals surface area contributed by atoms with Gasteiger partial charge in [0.25, 0.3) is 5.91 Å². The van der Waals surface area contributed by atoms with Crippen molar-refractivity contribution in [3.8, 4) is 0 Å². The number of benzene rings is 1. The van der Waals surface area contributed by atoms with E-state index in [0.29, 0.717) is 0 Å². The molecule has 0 radical (unpaired) electrons. The first-order chi connectivity index (χ1) is 10.3. The molecule has 116 valence electrons. The number of hydrogen-bond donors (Lipinski definition) is 1. The molecule has 6 nitrogen and oxygen atoms in total. The summed E-state index contributed by atoms with van der Waals surface area (Å²) in [6.07, 6.45) is 0.898. The lowest BCUT2D eigenvalue weighted by atomic mass is 10.3. The molecule has 0 saturated carbocycles. The average Bonchev–Trinajstić information content (AvgIpc) is 2.69. The molecule has 1 N–H and O–H groups in total. The predicted octanol–water partition coefficient (Wildman–Crippen LogP) is 3.15. The molecule has 22 heavy (non-hydrogen) atoms. The standard InChI is InChI=1S/C13H9Cl3N2O4/c1-2-22-11(19)5-9-12(20)18(13(21)17-9)10-4-7(15)6(14)3-8(10)16/h3-5H,2H2,1H3,(H,17,21)/b9-5-. The lowest BCUT2D eigenvalue weighted by molar-refractivity contribution is -0.137. The highest BCUT2D eigenvalue weighted by molar-refractivity contribution is 6.45. The van der Waals surface area contributed by atoms with Crippen LogP contribution >= 0.6 is 34.8 Å². The summed E-state index contributed by atoms with van der Waals surface area (Å²) < 4.78 is 4.68. The van der Waals surface area contributed by atoms with Crippen molar-refractivity contribution in [1.29, 1.82) is 0 Å². The SMILES string of the molecule is CCOC(=O)/C=C1\NC(=O)N(c2cc(Cl)c(Cl)cc2Cl)C1=O. The van der Waals surface area contributed by atoms with E-state index in [0.717, 1.165) is 11.0 Å². The van der Waals surface area contributed by atoms with Crippen LogP contribution in [-0.2, 0) is 14.3 Å². The van der Waals surface area contributed by atoms with E-state index in [4.69, 9.17) is 34.8 Å². The zero-order valence-electron chi connectivity index (χ0n) is 11.2. The first-order valence-electron chi connectivity index (χ1n) is 6.03. The maximum Gasteiger partial charge on any atom is 0.333 e. The summed E-state index contributed by atoms with van der Waals surface area (Å²) in [6.45, 7) is 1.76. The van der Waals surface area contributed by atoms with Gasteiger partial charge in [0.1, 0.15) is 5.70 Å². The number of imide groups is 1. The van der Waals surface area contributed by atoms with Crippen LogP contribution in [0.5, 0.6) is 0 Å². The van der Waals surface area contributed by atoms with Gasteiger partial charge in [-0.3, -0.25) is 4.79 Å². The summed E-state index contributed by atoms with van der Waals surface area (Å²) >= 11 is 17.7. The number of ether oxygens (including phenoxy) is 1. The molecule has 1 aromatic rings. The number of hydrogen-bond acceptors (Lipinski definition) is 4. The molecule has 2 rings (SSSR count). The first-order valence-corrected chi connectivity index (χ1v) is 7.17. The molecule has 1 heterocycles. The van der Waals surface area contributed by atoms with Gasteiger partial charge in [-0.25, -0.2) is 14.5 Å². The van der Waals surface area contributed by atoms with Crippen LogP contribution < -0.4 is 10.2 Å². The minimum Gasteiger partial charge on any atom is -0.463 e. The van der Waals surface area contributed by atoms with E-state index >= 15 is 0 Å². The molecule has 1 aliphatic heterocycles. The summed E-state index contributed by atoms with van der Waals surface area (Å²) in [5, 5.41) is 2.65. The molecule has 0 aromatic heterocycles. The molecule has 0 bridgehead atoms. The van der Waals surface area contributed by atoms with Gasteiger partial charge in [-0.05, 0) is 19.1 Å². The molecule has 0 aliphatic carbocycles. The third kappa shape index (κ3) is 3.19. The third-order valence-corrected chi connectivity index (χ3v) is 3.68. The Kier molecular flexibility index (Phi) is 4.95. The second kappa shape index (κ2) is 6.56. The molecule has 0 unspecified atom stereocenters. The Balaban J connectivity index is 2.38. The number of nitrogens with one attached hydrogen (secondary N) is 1. The van der Waals surface area contributed by atoms with Crippen molar-refractivity contribution in [3.63, 3.8) is 0 Å².